The van der Waals surface area contributed by atoms with Crippen LogP contribution in [-0.2, 0) is 6.42 Å². The van der Waals surface area contributed by atoms with Crippen LogP contribution in [0.15, 0.2) is 42.5 Å². The molecule has 2 aliphatic heterocycles. The molecule has 3 heterocycles. The van der Waals surface area contributed by atoms with Crippen molar-refractivity contribution < 1.29 is 4.74 Å². The summed E-state index contributed by atoms with van der Waals surface area (Å²) >= 11 is 1.82. The topological polar surface area (TPSA) is 28.6 Å². The number of fused-ring (bicyclic) bond motifs is 2. The second-order valence-corrected chi connectivity index (χ2v) is 10.1. The Morgan fingerprint density at radius 2 is 1.93 bits per heavy atom. The third-order valence-corrected chi connectivity index (χ3v) is 7.70. The summed E-state index contributed by atoms with van der Waals surface area (Å²) in [5.41, 5.74) is 3.83. The minimum atomic E-state index is 0.169. The lowest BCUT2D eigenvalue weighted by Crippen LogP contribution is -2.42. The summed E-state index contributed by atoms with van der Waals surface area (Å²) in [7, 11) is 2.23. The molecule has 5 heteroatoms. The van der Waals surface area contributed by atoms with Gasteiger partial charge in [0.05, 0.1) is 10.2 Å². The predicted octanol–water partition coefficient (Wildman–Crippen LogP) is 5.53. The third-order valence-electron chi connectivity index (χ3n) is 6.60. The van der Waals surface area contributed by atoms with Crippen LogP contribution in [0.5, 0.6) is 5.75 Å². The van der Waals surface area contributed by atoms with E-state index in [0.717, 1.165) is 43.2 Å². The van der Waals surface area contributed by atoms with Gasteiger partial charge in [-0.3, -0.25) is 4.90 Å². The van der Waals surface area contributed by atoms with E-state index in [0.29, 0.717) is 5.92 Å². The molecular formula is C25H31N3OS. The van der Waals surface area contributed by atoms with Gasteiger partial charge in [0, 0.05) is 26.1 Å². The van der Waals surface area contributed by atoms with Crippen molar-refractivity contribution in [3.05, 3.63) is 53.6 Å². The molecule has 0 N–H and O–H groups in total. The quantitative estimate of drug-likeness (QED) is 0.542. The van der Waals surface area contributed by atoms with Crippen LogP contribution >= 0.6 is 11.3 Å². The van der Waals surface area contributed by atoms with Gasteiger partial charge in [0.1, 0.15) is 5.75 Å². The number of rotatable bonds is 5. The number of hydrogen-bond donors (Lipinski definition) is 0. The van der Waals surface area contributed by atoms with Gasteiger partial charge in [0.2, 0.25) is 0 Å². The Morgan fingerprint density at radius 3 is 2.70 bits per heavy atom. The molecule has 4 nitrogen and oxygen atoms in total. The molecule has 2 aliphatic rings. The van der Waals surface area contributed by atoms with Gasteiger partial charge in [-0.05, 0) is 55.0 Å². The summed E-state index contributed by atoms with van der Waals surface area (Å²) in [4.78, 5) is 9.75. The van der Waals surface area contributed by atoms with Crippen molar-refractivity contribution in [1.29, 1.82) is 0 Å². The third kappa shape index (κ3) is 3.81. The maximum Gasteiger partial charge on any atom is 0.186 e. The van der Waals surface area contributed by atoms with Gasteiger partial charge in [0.25, 0.3) is 0 Å². The number of benzene rings is 2. The molecule has 0 amide bonds. The molecule has 1 unspecified atom stereocenters. The summed E-state index contributed by atoms with van der Waals surface area (Å²) < 4.78 is 7.72. The van der Waals surface area contributed by atoms with Crippen molar-refractivity contribution in [3.8, 4) is 5.75 Å². The zero-order valence-electron chi connectivity index (χ0n) is 18.2. The molecular weight excluding hydrogens is 390 g/mol. The highest BCUT2D eigenvalue weighted by atomic mass is 32.1. The van der Waals surface area contributed by atoms with E-state index in [4.69, 9.17) is 9.72 Å². The van der Waals surface area contributed by atoms with Gasteiger partial charge in [-0.25, -0.2) is 4.98 Å². The number of anilines is 1. The van der Waals surface area contributed by atoms with Crippen molar-refractivity contribution in [3.63, 3.8) is 0 Å². The van der Waals surface area contributed by atoms with E-state index in [1.165, 1.54) is 33.8 Å². The molecule has 1 aromatic heterocycles. The smallest absolute Gasteiger partial charge is 0.186 e. The molecule has 1 fully saturated rings. The van der Waals surface area contributed by atoms with E-state index >= 15 is 0 Å². The van der Waals surface area contributed by atoms with Crippen LogP contribution in [0.3, 0.4) is 0 Å². The van der Waals surface area contributed by atoms with E-state index in [1.54, 1.807) is 0 Å². The predicted molar refractivity (Wildman–Crippen MR) is 126 cm³/mol. The Bertz CT molecular complexity index is 989. The first kappa shape index (κ1) is 19.8. The van der Waals surface area contributed by atoms with Crippen LogP contribution in [0.1, 0.15) is 43.7 Å². The maximum absolute atomic E-state index is 6.43. The number of aromatic nitrogens is 1. The molecule has 30 heavy (non-hydrogen) atoms. The Labute approximate surface area is 183 Å². The molecule has 1 saturated heterocycles. The Balaban J connectivity index is 1.17. The van der Waals surface area contributed by atoms with Gasteiger partial charge in [-0.1, -0.05) is 55.5 Å². The van der Waals surface area contributed by atoms with Crippen LogP contribution in [0.2, 0.25) is 0 Å². The SMILES string of the molecule is CC(C)c1cccc2c1OC(N(C)CC1CCN(c3nc4ccccc4s3)CC1)C2. The minimum Gasteiger partial charge on any atom is -0.474 e. The second-order valence-electron chi connectivity index (χ2n) is 9.10. The Hall–Kier alpha value is -2.11. The summed E-state index contributed by atoms with van der Waals surface area (Å²) in [6, 6.07) is 15.1. The first-order valence-electron chi connectivity index (χ1n) is 11.2. The molecule has 5 rings (SSSR count). The molecule has 0 bridgehead atoms. The molecule has 0 saturated carbocycles. The molecule has 158 valence electrons. The summed E-state index contributed by atoms with van der Waals surface area (Å²) in [6.07, 6.45) is 3.60. The number of piperidine rings is 1. The summed E-state index contributed by atoms with van der Waals surface area (Å²) in [6.45, 7) is 7.79. The van der Waals surface area contributed by atoms with E-state index in [9.17, 15) is 0 Å². The van der Waals surface area contributed by atoms with Gasteiger partial charge < -0.3 is 9.64 Å². The van der Waals surface area contributed by atoms with Crippen molar-refractivity contribution in [2.45, 2.75) is 45.3 Å². The highest BCUT2D eigenvalue weighted by Gasteiger charge is 2.31. The monoisotopic (exact) mass is 421 g/mol. The molecule has 3 aromatic rings. The molecule has 2 aromatic carbocycles. The number of likely N-dealkylation sites (N-methyl/N-ethyl adjacent to an activating group) is 1. The average molecular weight is 422 g/mol. The minimum absolute atomic E-state index is 0.169. The fourth-order valence-electron chi connectivity index (χ4n) is 4.80. The van der Waals surface area contributed by atoms with Gasteiger partial charge in [-0.15, -0.1) is 0 Å². The number of thiazole rings is 1. The Morgan fingerprint density at radius 1 is 1.13 bits per heavy atom. The molecule has 1 atom stereocenters. The van der Waals surface area contributed by atoms with Crippen molar-refractivity contribution in [2.24, 2.45) is 5.92 Å². The van der Waals surface area contributed by atoms with E-state index in [2.05, 4.69) is 73.2 Å². The first-order valence-corrected chi connectivity index (χ1v) is 12.0. The summed E-state index contributed by atoms with van der Waals surface area (Å²) in [5.74, 6) is 2.35. The van der Waals surface area contributed by atoms with Crippen LogP contribution in [0.4, 0.5) is 5.13 Å². The molecule has 0 aliphatic carbocycles. The standard InChI is InChI=1S/C25H31N3OS/c1-17(2)20-8-6-7-19-15-23(29-24(19)20)27(3)16-18-11-13-28(14-12-18)25-26-21-9-4-5-10-22(21)30-25/h4-10,17-18,23H,11-16H2,1-3H3. The maximum atomic E-state index is 6.43. The molecule has 0 spiro atoms. The lowest BCUT2D eigenvalue weighted by molar-refractivity contribution is 0.0483. The lowest BCUT2D eigenvalue weighted by atomic mass is 9.96. The fourth-order valence-corrected chi connectivity index (χ4v) is 5.82. The molecule has 0 radical (unpaired) electrons. The van der Waals surface area contributed by atoms with Gasteiger partial charge >= 0.3 is 0 Å². The fraction of sp³-hybridized carbons (Fsp3) is 0.480. The van der Waals surface area contributed by atoms with Gasteiger partial charge in [-0.2, -0.15) is 0 Å². The van der Waals surface area contributed by atoms with Crippen LogP contribution in [-0.4, -0.2) is 42.8 Å². The summed E-state index contributed by atoms with van der Waals surface area (Å²) in [5, 5.41) is 1.18. The zero-order chi connectivity index (χ0) is 20.7. The number of ether oxygens (including phenoxy) is 1. The highest BCUT2D eigenvalue weighted by molar-refractivity contribution is 7.22. The van der Waals surface area contributed by atoms with E-state index in [1.807, 2.05) is 11.3 Å². The van der Waals surface area contributed by atoms with Crippen molar-refractivity contribution >= 4 is 26.7 Å². The van der Waals surface area contributed by atoms with Crippen molar-refractivity contribution in [2.75, 3.05) is 31.6 Å². The second kappa shape index (κ2) is 8.20. The highest BCUT2D eigenvalue weighted by Crippen LogP contribution is 2.37. The van der Waals surface area contributed by atoms with Crippen molar-refractivity contribution in [1.82, 2.24) is 9.88 Å². The van der Waals surface area contributed by atoms with Crippen LogP contribution in [0, 0.1) is 5.92 Å². The van der Waals surface area contributed by atoms with Crippen LogP contribution in [0.25, 0.3) is 10.2 Å². The first-order chi connectivity index (χ1) is 14.6. The number of nitrogens with zero attached hydrogens (tertiary/aromatic N) is 3. The zero-order valence-corrected chi connectivity index (χ0v) is 19.0. The van der Waals surface area contributed by atoms with Gasteiger partial charge in [0.15, 0.2) is 11.4 Å². The average Bonchev–Trinajstić information content (AvgIpc) is 3.38. The number of para-hydroxylation sites is 2. The lowest BCUT2D eigenvalue weighted by Gasteiger charge is -2.35. The Kier molecular flexibility index (Phi) is 5.42. The number of hydrogen-bond acceptors (Lipinski definition) is 5. The normalized spacial score (nSPS) is 19.6. The van der Waals surface area contributed by atoms with E-state index in [-0.39, 0.29) is 6.23 Å². The van der Waals surface area contributed by atoms with E-state index < -0.39 is 0 Å². The largest absolute Gasteiger partial charge is 0.474 e. The van der Waals surface area contributed by atoms with Crippen LogP contribution < -0.4 is 9.64 Å².